The van der Waals surface area contributed by atoms with Crippen LogP contribution >= 0.6 is 11.3 Å². The van der Waals surface area contributed by atoms with E-state index in [0.29, 0.717) is 28.8 Å². The molecule has 0 aliphatic heterocycles. The van der Waals surface area contributed by atoms with Crippen molar-refractivity contribution in [1.29, 1.82) is 5.26 Å². The van der Waals surface area contributed by atoms with Gasteiger partial charge in [0.2, 0.25) is 5.13 Å². The molecule has 1 aromatic heterocycles. The fourth-order valence-corrected chi connectivity index (χ4v) is 2.65. The lowest BCUT2D eigenvalue weighted by atomic mass is 10.1. The number of amides is 1. The summed E-state index contributed by atoms with van der Waals surface area (Å²) in [5, 5.41) is 20.9. The Labute approximate surface area is 149 Å². The van der Waals surface area contributed by atoms with Crippen molar-refractivity contribution in [2.24, 2.45) is 0 Å². The molecular weight excluding hydrogens is 340 g/mol. The van der Waals surface area contributed by atoms with Gasteiger partial charge in [-0.05, 0) is 37.1 Å². The summed E-state index contributed by atoms with van der Waals surface area (Å²) < 4.78 is 10.7. The van der Waals surface area contributed by atoms with Crippen LogP contribution in [0.2, 0.25) is 0 Å². The number of rotatable bonds is 7. The summed E-state index contributed by atoms with van der Waals surface area (Å²) >= 11 is 1.28. The van der Waals surface area contributed by atoms with Gasteiger partial charge in [-0.1, -0.05) is 24.3 Å². The average Bonchev–Trinajstić information content (AvgIpc) is 3.07. The number of benzene rings is 1. The Balaban J connectivity index is 2.22. The number of ether oxygens (including phenoxy) is 2. The number of nitrogens with one attached hydrogen (secondary N) is 1. The zero-order valence-electron chi connectivity index (χ0n) is 14.2. The van der Waals surface area contributed by atoms with Crippen LogP contribution in [-0.4, -0.2) is 29.8 Å². The molecule has 2 rings (SSSR count). The second-order valence-corrected chi connectivity index (χ2v) is 5.88. The van der Waals surface area contributed by atoms with E-state index in [-0.39, 0.29) is 5.57 Å². The van der Waals surface area contributed by atoms with Gasteiger partial charge in [0.1, 0.15) is 16.6 Å². The molecule has 1 amide bonds. The molecule has 130 valence electrons. The van der Waals surface area contributed by atoms with E-state index in [1.807, 2.05) is 19.9 Å². The summed E-state index contributed by atoms with van der Waals surface area (Å²) in [6, 6.07) is 7.09. The zero-order chi connectivity index (χ0) is 18.2. The monoisotopic (exact) mass is 358 g/mol. The molecule has 0 spiro atoms. The summed E-state index contributed by atoms with van der Waals surface area (Å²) in [7, 11) is 1.55. The molecule has 8 heteroatoms. The smallest absolute Gasteiger partial charge is 0.268 e. The van der Waals surface area contributed by atoms with E-state index in [4.69, 9.17) is 9.47 Å². The molecule has 0 saturated heterocycles. The lowest BCUT2D eigenvalue weighted by Gasteiger charge is -2.09. The maximum atomic E-state index is 12.3. The van der Waals surface area contributed by atoms with E-state index in [1.54, 1.807) is 25.3 Å². The van der Waals surface area contributed by atoms with E-state index in [0.717, 1.165) is 11.4 Å². The number of methoxy groups -OCH3 is 1. The third-order valence-electron chi connectivity index (χ3n) is 3.15. The quantitative estimate of drug-likeness (QED) is 0.603. The second kappa shape index (κ2) is 8.80. The van der Waals surface area contributed by atoms with Crippen molar-refractivity contribution in [3.05, 3.63) is 34.3 Å². The van der Waals surface area contributed by atoms with Gasteiger partial charge < -0.3 is 9.47 Å². The van der Waals surface area contributed by atoms with Gasteiger partial charge in [0, 0.05) is 0 Å². The number of nitrogens with zero attached hydrogens (tertiary/aromatic N) is 3. The standard InChI is InChI=1S/C17H18N4O3S/c1-4-15-20-21-17(25-15)19-16(22)12(10-18)8-11-6-7-13(23-3)14(9-11)24-5-2/h6-9H,4-5H2,1-3H3,(H,19,21,22). The Morgan fingerprint density at radius 3 is 2.76 bits per heavy atom. The lowest BCUT2D eigenvalue weighted by Crippen LogP contribution is -2.13. The molecule has 7 nitrogen and oxygen atoms in total. The van der Waals surface area contributed by atoms with Gasteiger partial charge in [-0.15, -0.1) is 10.2 Å². The Kier molecular flexibility index (Phi) is 6.48. The number of hydrogen-bond acceptors (Lipinski definition) is 7. The number of aryl methyl sites for hydroxylation is 1. The minimum atomic E-state index is -0.532. The van der Waals surface area contributed by atoms with Crippen LogP contribution in [0.4, 0.5) is 5.13 Å². The maximum Gasteiger partial charge on any atom is 0.268 e. The Hall–Kier alpha value is -2.92. The molecule has 0 fully saturated rings. The summed E-state index contributed by atoms with van der Waals surface area (Å²) in [4.78, 5) is 12.3. The van der Waals surface area contributed by atoms with Crippen molar-refractivity contribution in [1.82, 2.24) is 10.2 Å². The molecular formula is C17H18N4O3S. The predicted molar refractivity (Wildman–Crippen MR) is 95.7 cm³/mol. The highest BCUT2D eigenvalue weighted by Crippen LogP contribution is 2.29. The van der Waals surface area contributed by atoms with E-state index in [9.17, 15) is 10.1 Å². The molecule has 25 heavy (non-hydrogen) atoms. The average molecular weight is 358 g/mol. The van der Waals surface area contributed by atoms with Crippen molar-refractivity contribution in [2.45, 2.75) is 20.3 Å². The summed E-state index contributed by atoms with van der Waals surface area (Å²) in [5.41, 5.74) is 0.614. The summed E-state index contributed by atoms with van der Waals surface area (Å²) in [6.07, 6.45) is 2.22. The van der Waals surface area contributed by atoms with Gasteiger partial charge in [0.15, 0.2) is 11.5 Å². The molecule has 0 unspecified atom stereocenters. The van der Waals surface area contributed by atoms with E-state index < -0.39 is 5.91 Å². The van der Waals surface area contributed by atoms with Gasteiger partial charge in [-0.2, -0.15) is 5.26 Å². The third kappa shape index (κ3) is 4.78. The Morgan fingerprint density at radius 2 is 2.16 bits per heavy atom. The molecule has 0 aliphatic carbocycles. The van der Waals surface area contributed by atoms with Crippen molar-refractivity contribution < 1.29 is 14.3 Å². The Bertz CT molecular complexity index is 824. The van der Waals surface area contributed by atoms with Crippen LogP contribution in [0.3, 0.4) is 0 Å². The molecule has 0 atom stereocenters. The fraction of sp³-hybridized carbons (Fsp3) is 0.294. The fourth-order valence-electron chi connectivity index (χ4n) is 1.98. The molecule has 0 aliphatic rings. The van der Waals surface area contributed by atoms with Crippen LogP contribution in [0.25, 0.3) is 6.08 Å². The molecule has 0 radical (unpaired) electrons. The number of carbonyl (C=O) groups is 1. The topological polar surface area (TPSA) is 97.1 Å². The number of carbonyl (C=O) groups excluding carboxylic acids is 1. The molecule has 0 bridgehead atoms. The molecule has 2 aromatic rings. The second-order valence-electron chi connectivity index (χ2n) is 4.82. The number of nitriles is 1. The van der Waals surface area contributed by atoms with Crippen LogP contribution in [0.1, 0.15) is 24.4 Å². The number of anilines is 1. The van der Waals surface area contributed by atoms with Crippen molar-refractivity contribution in [3.8, 4) is 17.6 Å². The van der Waals surface area contributed by atoms with Gasteiger partial charge in [-0.3, -0.25) is 10.1 Å². The first-order valence-electron chi connectivity index (χ1n) is 7.67. The highest BCUT2D eigenvalue weighted by atomic mass is 32.1. The zero-order valence-corrected chi connectivity index (χ0v) is 15.0. The van der Waals surface area contributed by atoms with Gasteiger partial charge >= 0.3 is 0 Å². The number of aromatic nitrogens is 2. The summed E-state index contributed by atoms with van der Waals surface area (Å²) in [5.74, 6) is 0.603. The lowest BCUT2D eigenvalue weighted by molar-refractivity contribution is -0.112. The van der Waals surface area contributed by atoms with Gasteiger partial charge in [0.05, 0.1) is 13.7 Å². The highest BCUT2D eigenvalue weighted by molar-refractivity contribution is 7.15. The minimum Gasteiger partial charge on any atom is -0.493 e. The minimum absolute atomic E-state index is 0.0409. The van der Waals surface area contributed by atoms with Gasteiger partial charge in [-0.25, -0.2) is 0 Å². The first-order valence-corrected chi connectivity index (χ1v) is 8.49. The molecule has 0 saturated carbocycles. The van der Waals surface area contributed by atoms with Crippen molar-refractivity contribution >= 4 is 28.5 Å². The van der Waals surface area contributed by atoms with Crippen LogP contribution in [0.15, 0.2) is 23.8 Å². The van der Waals surface area contributed by atoms with E-state index in [1.165, 1.54) is 17.4 Å². The van der Waals surface area contributed by atoms with Crippen LogP contribution < -0.4 is 14.8 Å². The normalized spacial score (nSPS) is 10.9. The van der Waals surface area contributed by atoms with Crippen LogP contribution in [-0.2, 0) is 11.2 Å². The largest absolute Gasteiger partial charge is 0.493 e. The Morgan fingerprint density at radius 1 is 1.36 bits per heavy atom. The third-order valence-corrected chi connectivity index (χ3v) is 4.14. The number of hydrogen-bond donors (Lipinski definition) is 1. The van der Waals surface area contributed by atoms with E-state index in [2.05, 4.69) is 15.5 Å². The molecule has 1 aromatic carbocycles. The molecule has 1 heterocycles. The maximum absolute atomic E-state index is 12.3. The van der Waals surface area contributed by atoms with E-state index >= 15 is 0 Å². The highest BCUT2D eigenvalue weighted by Gasteiger charge is 2.13. The predicted octanol–water partition coefficient (Wildman–Crippen LogP) is 3.05. The van der Waals surface area contributed by atoms with Crippen molar-refractivity contribution in [3.63, 3.8) is 0 Å². The summed E-state index contributed by atoms with van der Waals surface area (Å²) in [6.45, 7) is 4.29. The van der Waals surface area contributed by atoms with Gasteiger partial charge in [0.25, 0.3) is 5.91 Å². The molecule has 1 N–H and O–H groups in total. The SMILES string of the molecule is CCOc1cc(C=C(C#N)C(=O)Nc2nnc(CC)s2)ccc1OC. The first kappa shape index (κ1) is 18.4. The van der Waals surface area contributed by atoms with Crippen LogP contribution in [0.5, 0.6) is 11.5 Å². The van der Waals surface area contributed by atoms with Crippen LogP contribution in [0, 0.1) is 11.3 Å². The van der Waals surface area contributed by atoms with Crippen molar-refractivity contribution in [2.75, 3.05) is 19.0 Å². The first-order chi connectivity index (χ1) is 12.1.